The molecule has 0 fully saturated rings. The lowest BCUT2D eigenvalue weighted by Gasteiger charge is -2.10. The molecule has 0 N–H and O–H groups in total. The first kappa shape index (κ1) is 10.1. The zero-order valence-corrected chi connectivity index (χ0v) is 21.2. The van der Waals surface area contributed by atoms with Gasteiger partial charge in [-0.3, -0.25) is 0 Å². The van der Waals surface area contributed by atoms with Crippen LogP contribution in [-0.2, 0) is 0 Å². The van der Waals surface area contributed by atoms with Crippen LogP contribution in [0, 0.1) is 0 Å². The molecule has 0 saturated heterocycles. The fraction of sp³-hybridized carbons (Fsp3) is 0. The van der Waals surface area contributed by atoms with Crippen LogP contribution in [0.5, 0.6) is 0 Å². The van der Waals surface area contributed by atoms with Crippen LogP contribution in [0.4, 0.5) is 0 Å². The van der Waals surface area contributed by atoms with E-state index in [0.29, 0.717) is 0 Å². The summed E-state index contributed by atoms with van der Waals surface area (Å²) in [6.45, 7) is 0. The summed E-state index contributed by atoms with van der Waals surface area (Å²) in [6.07, 6.45) is 0. The molecule has 2 heterocycles. The second-order valence-corrected chi connectivity index (χ2v) is 8.57. The minimum absolute atomic E-state index is 0.611. The molecule has 0 amide bonds. The number of rotatable bonds is 5. The van der Waals surface area contributed by atoms with E-state index >= 15 is 0 Å². The lowest BCUT2D eigenvalue weighted by Crippen LogP contribution is -2.00. The minimum atomic E-state index is -1.02. The highest BCUT2D eigenvalue weighted by molar-refractivity contribution is 6.18. The number of para-hydroxylation sites is 1. The summed E-state index contributed by atoms with van der Waals surface area (Å²) >= 11 is 0. The van der Waals surface area contributed by atoms with Crippen LogP contribution < -0.4 is 0 Å². The van der Waals surface area contributed by atoms with Crippen LogP contribution in [0.3, 0.4) is 0 Å². The Labute approximate surface area is 284 Å². The molecule has 8 rings (SSSR count). The number of benzene rings is 6. The molecule has 43 heavy (non-hydrogen) atoms. The molecule has 8 aromatic rings. The van der Waals surface area contributed by atoms with Crippen molar-refractivity contribution in [1.82, 2.24) is 15.0 Å². The summed E-state index contributed by atoms with van der Waals surface area (Å²) in [5.41, 5.74) is -6.52. The topological polar surface area (TPSA) is 51.8 Å². The Morgan fingerprint density at radius 2 is 0.814 bits per heavy atom. The van der Waals surface area contributed by atoms with Crippen molar-refractivity contribution in [2.24, 2.45) is 0 Å². The van der Waals surface area contributed by atoms with E-state index in [1.807, 2.05) is 0 Å². The monoisotopic (exact) mass is 576 g/mol. The number of hydrogen-bond donors (Lipinski definition) is 0. The van der Waals surface area contributed by atoms with Crippen molar-refractivity contribution in [3.63, 3.8) is 0 Å². The van der Waals surface area contributed by atoms with Crippen LogP contribution in [0.25, 0.3) is 78.4 Å². The fourth-order valence-corrected chi connectivity index (χ4v) is 4.30. The molecule has 4 heteroatoms. The Balaban J connectivity index is 1.69. The predicted molar refractivity (Wildman–Crippen MR) is 174 cm³/mol. The molecule has 0 aliphatic heterocycles. The quantitative estimate of drug-likeness (QED) is 0.205. The fourth-order valence-electron chi connectivity index (χ4n) is 4.30. The summed E-state index contributed by atoms with van der Waals surface area (Å²) in [5, 5.41) is -1.23. The molecule has 0 unspecified atom stereocenters. The van der Waals surface area contributed by atoms with Crippen molar-refractivity contribution in [3.8, 4) is 56.4 Å². The molecule has 0 radical (unpaired) electrons. The molecule has 6 aromatic carbocycles. The van der Waals surface area contributed by atoms with E-state index in [0.717, 1.165) is 0 Å². The third-order valence-corrected chi connectivity index (χ3v) is 6.11. The van der Waals surface area contributed by atoms with E-state index < -0.39 is 229 Å². The highest BCUT2D eigenvalue weighted by Gasteiger charge is 2.22. The highest BCUT2D eigenvalue weighted by Crippen LogP contribution is 2.44. The first-order valence-electron chi connectivity index (χ1n) is 24.7. The van der Waals surface area contributed by atoms with Gasteiger partial charge in [0.05, 0.1) is 34.3 Å². The molecule has 202 valence electrons. The van der Waals surface area contributed by atoms with Crippen LogP contribution in [0.15, 0.2) is 155 Å². The molecular formula is C39H25N3O. The van der Waals surface area contributed by atoms with Crippen LogP contribution in [0.2, 0.25) is 0 Å². The van der Waals surface area contributed by atoms with Gasteiger partial charge in [0.2, 0.25) is 0 Å². The third kappa shape index (κ3) is 4.46. The van der Waals surface area contributed by atoms with Gasteiger partial charge in [-0.05, 0) is 23.2 Å². The van der Waals surface area contributed by atoms with Gasteiger partial charge in [-0.1, -0.05) is 139 Å². The van der Waals surface area contributed by atoms with E-state index in [2.05, 4.69) is 15.0 Å². The van der Waals surface area contributed by atoms with Gasteiger partial charge in [-0.15, -0.1) is 0 Å². The Bertz CT molecular complexity index is 3440. The van der Waals surface area contributed by atoms with Crippen molar-refractivity contribution in [3.05, 3.63) is 151 Å². The van der Waals surface area contributed by atoms with Crippen LogP contribution in [-0.4, -0.2) is 15.0 Å². The number of nitrogens with zero attached hydrogens (tertiary/aromatic N) is 3. The zero-order valence-electron chi connectivity index (χ0n) is 46.2. The van der Waals surface area contributed by atoms with Gasteiger partial charge >= 0.3 is 0 Å². The van der Waals surface area contributed by atoms with Crippen LogP contribution in [0.1, 0.15) is 34.3 Å². The molecule has 0 atom stereocenters. The summed E-state index contributed by atoms with van der Waals surface area (Å²) in [7, 11) is 0. The number of fused-ring (bicyclic) bond motifs is 3. The molecule has 0 spiro atoms. The van der Waals surface area contributed by atoms with E-state index in [1.165, 1.54) is 0 Å². The van der Waals surface area contributed by atoms with E-state index in [-0.39, 0.29) is 0 Å². The maximum absolute atomic E-state index is 9.58. The standard InChI is InChI=1S/C39H25N3O/c1-5-14-26(15-6-1)30-22-13-23-32-34-33(25-24-31(36(34)43-35(30)32)27-16-7-2-8-17-27)39-41-37(28-18-9-3-10-19-28)40-38(42-39)29-20-11-4-12-21-29/h1-25H/i1D,2D,3D,4D,5D,6D,7D,8D,9D,10D,11D,12D,13D,14D,15D,16D,17D,18D,19D,20D,21D,22D,23D,24D,25D. The maximum Gasteiger partial charge on any atom is 0.164 e. The Kier molecular flexibility index (Phi) is 2.48. The number of hydrogen-bond acceptors (Lipinski definition) is 4. The molecular weight excluding hydrogens is 526 g/mol. The van der Waals surface area contributed by atoms with Crippen molar-refractivity contribution in [1.29, 1.82) is 0 Å². The van der Waals surface area contributed by atoms with Gasteiger partial charge in [0, 0.05) is 38.6 Å². The molecule has 2 aromatic heterocycles. The van der Waals surface area contributed by atoms with Gasteiger partial charge in [-0.2, -0.15) is 0 Å². The predicted octanol–water partition coefficient (Wildman–Crippen LogP) is 10.1. The Morgan fingerprint density at radius 3 is 1.35 bits per heavy atom. The second kappa shape index (κ2) is 10.5. The molecule has 4 nitrogen and oxygen atoms in total. The average molecular weight is 577 g/mol. The lowest BCUT2D eigenvalue weighted by atomic mass is 9.96. The Morgan fingerprint density at radius 1 is 0.372 bits per heavy atom. The van der Waals surface area contributed by atoms with Gasteiger partial charge < -0.3 is 4.42 Å². The smallest absolute Gasteiger partial charge is 0.164 e. The highest BCUT2D eigenvalue weighted by atomic mass is 16.3. The van der Waals surface area contributed by atoms with Crippen LogP contribution >= 0.6 is 0 Å². The second-order valence-electron chi connectivity index (χ2n) is 8.57. The van der Waals surface area contributed by atoms with Gasteiger partial charge in [0.25, 0.3) is 0 Å². The van der Waals surface area contributed by atoms with Crippen molar-refractivity contribution >= 4 is 21.9 Å². The average Bonchev–Trinajstić information content (AvgIpc) is 3.69. The summed E-state index contributed by atoms with van der Waals surface area (Å²) in [5.74, 6) is -2.50. The van der Waals surface area contributed by atoms with E-state index in [1.54, 1.807) is 0 Å². The number of furan rings is 1. The molecule has 0 saturated carbocycles. The lowest BCUT2D eigenvalue weighted by molar-refractivity contribution is 0.671. The van der Waals surface area contributed by atoms with Gasteiger partial charge in [0.1, 0.15) is 11.2 Å². The molecule has 0 aliphatic rings. The normalized spacial score (nSPS) is 19.4. The van der Waals surface area contributed by atoms with E-state index in [9.17, 15) is 4.11 Å². The summed E-state index contributed by atoms with van der Waals surface area (Å²) in [6, 6.07) is -22.6. The molecule has 0 aliphatic carbocycles. The number of aromatic nitrogens is 3. The largest absolute Gasteiger partial charge is 0.455 e. The summed E-state index contributed by atoms with van der Waals surface area (Å²) in [4.78, 5) is 12.9. The van der Waals surface area contributed by atoms with Crippen molar-refractivity contribution in [2.75, 3.05) is 0 Å². The summed E-state index contributed by atoms with van der Waals surface area (Å²) < 4.78 is 222. The first-order valence-corrected chi connectivity index (χ1v) is 12.2. The first-order chi connectivity index (χ1) is 31.7. The third-order valence-electron chi connectivity index (χ3n) is 6.11. The van der Waals surface area contributed by atoms with Gasteiger partial charge in [-0.25, -0.2) is 15.0 Å². The Hall–Kier alpha value is -5.87. The van der Waals surface area contributed by atoms with Crippen molar-refractivity contribution in [2.45, 2.75) is 0 Å². The SMILES string of the molecule is [2H]c1c([2H])c([2H])c(-c2nc(-c3c([2H])c([2H])c([2H])c([2H])c3[2H])nc(-c3c([2H])c([2H])c(-c4c([2H])c([2H])c([2H])c([2H])c4[2H])c4oc5c(-c6c([2H])c([2H])c([2H])c([2H])c6[2H])c([2H])c([2H])c([2H])c5c34)n2)c([2H])c1[2H]. The molecule has 0 bridgehead atoms. The van der Waals surface area contributed by atoms with E-state index in [4.69, 9.17) is 34.6 Å². The minimum Gasteiger partial charge on any atom is -0.455 e. The maximum atomic E-state index is 9.58. The van der Waals surface area contributed by atoms with Crippen molar-refractivity contribution < 1.29 is 38.7 Å². The van der Waals surface area contributed by atoms with Gasteiger partial charge in [0.15, 0.2) is 17.5 Å². The zero-order chi connectivity index (χ0) is 50.3.